The maximum absolute atomic E-state index is 10.6. The Balaban J connectivity index is 3.24. The lowest BCUT2D eigenvalue weighted by atomic mass is 10.1. The van der Waals surface area contributed by atoms with Gasteiger partial charge in [0.2, 0.25) is 11.9 Å². The topological polar surface area (TPSA) is 44.8 Å². The molecule has 1 aliphatic rings. The molecule has 0 amide bonds. The molecule has 0 N–H and O–H groups in total. The van der Waals surface area contributed by atoms with Crippen LogP contribution in [0.25, 0.3) is 0 Å². The molecule has 1 rings (SSSR count). The molecule has 0 atom stereocenters. The Bertz CT molecular complexity index is 323. The fraction of sp³-hybridized carbons (Fsp3) is 0.300. The summed E-state index contributed by atoms with van der Waals surface area (Å²) >= 11 is 0. The Morgan fingerprint density at radius 3 is 2.21 bits per heavy atom. The van der Waals surface area contributed by atoms with Crippen LogP contribution in [0.5, 0.6) is 0 Å². The summed E-state index contributed by atoms with van der Waals surface area (Å²) in [6.07, 6.45) is 4.92. The smallest absolute Gasteiger partial charge is 0.294 e. The highest BCUT2D eigenvalue weighted by Gasteiger charge is 2.29. The van der Waals surface area contributed by atoms with Crippen LogP contribution in [0.4, 0.5) is 0 Å². The van der Waals surface area contributed by atoms with Gasteiger partial charge in [-0.25, -0.2) is 4.79 Å². The van der Waals surface area contributed by atoms with Crippen molar-refractivity contribution in [1.29, 1.82) is 0 Å². The van der Waals surface area contributed by atoms with E-state index in [-0.39, 0.29) is 0 Å². The molecule has 0 unspecified atom stereocenters. The van der Waals surface area contributed by atoms with Gasteiger partial charge in [-0.1, -0.05) is 0 Å². The fourth-order valence-corrected chi connectivity index (χ4v) is 1.14. The van der Waals surface area contributed by atoms with Crippen LogP contribution in [0.1, 0.15) is 0 Å². The molecule has 4 heteroatoms. The highest BCUT2D eigenvalue weighted by Crippen LogP contribution is 2.25. The van der Waals surface area contributed by atoms with Crippen LogP contribution in [0.3, 0.4) is 0 Å². The summed E-state index contributed by atoms with van der Waals surface area (Å²) in [5.41, 5.74) is 0.310. The molecule has 74 valence electrons. The standard InChI is InChI=1S/C10H11O4/c1-12-8-5-4-7(6-11)9(13-2)10(8)14-3/h5-6H,1-3H3/q+1. The summed E-state index contributed by atoms with van der Waals surface area (Å²) in [7, 11) is 4.44. The van der Waals surface area contributed by atoms with E-state index in [2.05, 4.69) is 6.08 Å². The van der Waals surface area contributed by atoms with Crippen molar-refractivity contribution in [3.63, 3.8) is 0 Å². The first-order chi connectivity index (χ1) is 6.78. The number of carbonyl (C=O) groups excluding carboxylic acids is 1. The maximum atomic E-state index is 10.6. The van der Waals surface area contributed by atoms with Gasteiger partial charge in [0.25, 0.3) is 17.3 Å². The quantitative estimate of drug-likeness (QED) is 0.495. The van der Waals surface area contributed by atoms with E-state index in [0.29, 0.717) is 29.1 Å². The predicted octanol–water partition coefficient (Wildman–Crippen LogP) is 0.963. The first-order valence-electron chi connectivity index (χ1n) is 3.94. The molecule has 0 radical (unpaired) electrons. The number of hydrogen-bond acceptors (Lipinski definition) is 4. The Morgan fingerprint density at radius 1 is 1.14 bits per heavy atom. The molecule has 14 heavy (non-hydrogen) atoms. The highest BCUT2D eigenvalue weighted by atomic mass is 16.5. The fourth-order valence-electron chi connectivity index (χ4n) is 1.14. The monoisotopic (exact) mass is 195 g/mol. The second kappa shape index (κ2) is 4.44. The van der Waals surface area contributed by atoms with E-state index in [0.717, 1.165) is 0 Å². The molecule has 1 aliphatic carbocycles. The average Bonchev–Trinajstić information content (AvgIpc) is 2.26. The van der Waals surface area contributed by atoms with Gasteiger partial charge in [0.05, 0.1) is 21.3 Å². The van der Waals surface area contributed by atoms with Crippen LogP contribution in [0, 0.1) is 6.08 Å². The Morgan fingerprint density at radius 2 is 1.79 bits per heavy atom. The van der Waals surface area contributed by atoms with Crippen LogP contribution in [0.2, 0.25) is 0 Å². The normalized spacial score (nSPS) is 15.1. The number of ether oxygens (including phenoxy) is 3. The molecule has 0 spiro atoms. The maximum Gasteiger partial charge on any atom is 0.294 e. The minimum atomic E-state index is 0.310. The van der Waals surface area contributed by atoms with Crippen molar-refractivity contribution in [2.75, 3.05) is 21.3 Å². The van der Waals surface area contributed by atoms with Gasteiger partial charge in [-0.05, 0) is 0 Å². The van der Waals surface area contributed by atoms with E-state index in [1.807, 2.05) is 0 Å². The molecule has 0 aromatic rings. The van der Waals surface area contributed by atoms with E-state index in [9.17, 15) is 4.79 Å². The van der Waals surface area contributed by atoms with E-state index in [1.54, 1.807) is 0 Å². The molecule has 0 fully saturated rings. The summed E-state index contributed by atoms with van der Waals surface area (Å²) in [5, 5.41) is 0. The van der Waals surface area contributed by atoms with Gasteiger partial charge in [-0.2, -0.15) is 0 Å². The molecule has 0 bridgehead atoms. The van der Waals surface area contributed by atoms with Gasteiger partial charge in [0.15, 0.2) is 0 Å². The first kappa shape index (κ1) is 10.3. The highest BCUT2D eigenvalue weighted by molar-refractivity contribution is 5.79. The number of allylic oxidation sites excluding steroid dienone is 3. The van der Waals surface area contributed by atoms with E-state index < -0.39 is 0 Å². The van der Waals surface area contributed by atoms with Crippen LogP contribution < -0.4 is 0 Å². The summed E-state index contributed by atoms with van der Waals surface area (Å²) < 4.78 is 15.1. The first-order valence-corrected chi connectivity index (χ1v) is 3.94. The van der Waals surface area contributed by atoms with Crippen molar-refractivity contribution in [3.8, 4) is 0 Å². The molecule has 0 aliphatic heterocycles. The van der Waals surface area contributed by atoms with Crippen LogP contribution in [-0.2, 0) is 19.0 Å². The number of aldehydes is 1. The molecule has 4 nitrogen and oxygen atoms in total. The third-order valence-electron chi connectivity index (χ3n) is 1.78. The van der Waals surface area contributed by atoms with Gasteiger partial charge in [-0.3, -0.25) is 0 Å². The summed E-state index contributed by atoms with van der Waals surface area (Å²) in [5.74, 6) is 1.22. The van der Waals surface area contributed by atoms with Gasteiger partial charge < -0.3 is 14.2 Å². The van der Waals surface area contributed by atoms with Crippen molar-refractivity contribution in [1.82, 2.24) is 0 Å². The van der Waals surface area contributed by atoms with Crippen LogP contribution in [0.15, 0.2) is 28.9 Å². The zero-order chi connectivity index (χ0) is 10.6. The predicted molar refractivity (Wildman–Crippen MR) is 49.0 cm³/mol. The number of carbonyl (C=O) groups is 1. The molecular formula is C10H11O4+. The van der Waals surface area contributed by atoms with Crippen molar-refractivity contribution < 1.29 is 19.0 Å². The van der Waals surface area contributed by atoms with Crippen LogP contribution in [-0.4, -0.2) is 27.6 Å². The lowest BCUT2D eigenvalue weighted by Crippen LogP contribution is -2.08. The van der Waals surface area contributed by atoms with E-state index in [1.165, 1.54) is 27.4 Å². The van der Waals surface area contributed by atoms with Crippen LogP contribution >= 0.6 is 0 Å². The number of rotatable bonds is 4. The van der Waals surface area contributed by atoms with Gasteiger partial charge in [0.1, 0.15) is 6.08 Å². The van der Waals surface area contributed by atoms with Crippen molar-refractivity contribution in [3.05, 3.63) is 35.0 Å². The minimum Gasteiger partial charge on any atom is -0.475 e. The zero-order valence-corrected chi connectivity index (χ0v) is 8.29. The Hall–Kier alpha value is -1.80. The van der Waals surface area contributed by atoms with Gasteiger partial charge >= 0.3 is 0 Å². The van der Waals surface area contributed by atoms with Gasteiger partial charge in [-0.15, -0.1) is 0 Å². The molecular weight excluding hydrogens is 184 g/mol. The summed E-state index contributed by atoms with van der Waals surface area (Å²) in [6, 6.07) is 0. The second-order valence-electron chi connectivity index (χ2n) is 2.46. The second-order valence-corrected chi connectivity index (χ2v) is 2.46. The molecule has 0 aromatic carbocycles. The lowest BCUT2D eigenvalue weighted by molar-refractivity contribution is -0.104. The third kappa shape index (κ3) is 1.60. The molecule has 0 saturated heterocycles. The average molecular weight is 195 g/mol. The zero-order valence-electron chi connectivity index (χ0n) is 8.29. The van der Waals surface area contributed by atoms with Crippen molar-refractivity contribution in [2.24, 2.45) is 0 Å². The summed E-state index contributed by atoms with van der Waals surface area (Å²) in [4.78, 5) is 10.6. The minimum absolute atomic E-state index is 0.310. The molecule has 0 saturated carbocycles. The molecule has 0 aromatic heterocycles. The van der Waals surface area contributed by atoms with Crippen molar-refractivity contribution >= 4 is 6.29 Å². The lowest BCUT2D eigenvalue weighted by Gasteiger charge is -2.09. The Kier molecular flexibility index (Phi) is 3.26. The summed E-state index contributed by atoms with van der Waals surface area (Å²) in [6.45, 7) is 0. The van der Waals surface area contributed by atoms with E-state index >= 15 is 0 Å². The third-order valence-corrected chi connectivity index (χ3v) is 1.78. The SMILES string of the molecule is COC1=C(OC)C(OC)=C(C=O)[C+]=C1. The largest absolute Gasteiger partial charge is 0.475 e. The van der Waals surface area contributed by atoms with Gasteiger partial charge in [0, 0.05) is 6.08 Å². The number of methoxy groups -OCH3 is 3. The number of hydrogen-bond donors (Lipinski definition) is 0. The molecule has 0 heterocycles. The Labute approximate surface area is 82.5 Å². The van der Waals surface area contributed by atoms with E-state index in [4.69, 9.17) is 14.2 Å². The van der Waals surface area contributed by atoms with Crippen molar-refractivity contribution in [2.45, 2.75) is 0 Å².